The zero-order valence-corrected chi connectivity index (χ0v) is 17.0. The van der Waals surface area contributed by atoms with Crippen LogP contribution in [0.15, 0.2) is 73.1 Å². The van der Waals surface area contributed by atoms with Gasteiger partial charge in [-0.05, 0) is 44.5 Å². The second-order valence-corrected chi connectivity index (χ2v) is 9.86. The summed E-state index contributed by atoms with van der Waals surface area (Å²) in [5, 5.41) is 0. The molecule has 3 rings (SSSR count). The van der Waals surface area contributed by atoms with Gasteiger partial charge in [0.05, 0.1) is 27.3 Å². The van der Waals surface area contributed by atoms with E-state index in [-0.39, 0.29) is 16.4 Å². The summed E-state index contributed by atoms with van der Waals surface area (Å²) >= 11 is 1.88. The predicted molar refractivity (Wildman–Crippen MR) is 109 cm³/mol. The van der Waals surface area contributed by atoms with Crippen LogP contribution in [0.2, 0.25) is 0 Å². The summed E-state index contributed by atoms with van der Waals surface area (Å²) in [6.07, 6.45) is 1.01. The lowest BCUT2D eigenvalue weighted by molar-refractivity contribution is 0.296. The smallest absolute Gasteiger partial charge is 0.180 e. The summed E-state index contributed by atoms with van der Waals surface area (Å²) in [4.78, 5) is 10.5. The van der Waals surface area contributed by atoms with Crippen molar-refractivity contribution in [2.75, 3.05) is 12.4 Å². The molecular formula is C21H26NOS2+. The largest absolute Gasteiger partial charge is 0.481 e. The van der Waals surface area contributed by atoms with Crippen LogP contribution in [0.25, 0.3) is 0 Å². The molecule has 1 heterocycles. The van der Waals surface area contributed by atoms with Crippen molar-refractivity contribution in [3.63, 3.8) is 0 Å². The summed E-state index contributed by atoms with van der Waals surface area (Å²) in [5.74, 6) is 1.79. The van der Waals surface area contributed by atoms with E-state index in [2.05, 4.69) is 69.3 Å². The van der Waals surface area contributed by atoms with E-state index in [1.165, 1.54) is 19.6 Å². The van der Waals surface area contributed by atoms with Crippen LogP contribution in [0.1, 0.15) is 34.1 Å². The standard InChI is InChI=1S/C21H26NOS2/c1-5-14-23-16(2)22-21(3,4)15-25-19-12-8-6-10-17(19)24-18-11-7-9-13-20(18)25/h6-13H,5,14-15H2,1-4H3/q+1. The minimum Gasteiger partial charge on any atom is -0.481 e. The topological polar surface area (TPSA) is 21.6 Å². The molecule has 0 aromatic heterocycles. The number of aliphatic imine (C=N–C) groups is 1. The van der Waals surface area contributed by atoms with Crippen molar-refractivity contribution in [2.45, 2.75) is 59.2 Å². The van der Waals surface area contributed by atoms with Gasteiger partial charge in [0.1, 0.15) is 11.3 Å². The van der Waals surface area contributed by atoms with Crippen LogP contribution in [0, 0.1) is 0 Å². The van der Waals surface area contributed by atoms with Gasteiger partial charge in [-0.2, -0.15) is 0 Å². The molecule has 0 amide bonds. The van der Waals surface area contributed by atoms with Crippen molar-refractivity contribution in [2.24, 2.45) is 4.99 Å². The molecule has 25 heavy (non-hydrogen) atoms. The molecule has 0 bridgehead atoms. The Kier molecular flexibility index (Phi) is 5.80. The van der Waals surface area contributed by atoms with Gasteiger partial charge in [-0.1, -0.05) is 43.0 Å². The Bertz CT molecular complexity index is 724. The first-order chi connectivity index (χ1) is 12.0. The number of fused-ring (bicyclic) bond motifs is 2. The Labute approximate surface area is 158 Å². The lowest BCUT2D eigenvalue weighted by atomic mass is 10.1. The Hall–Kier alpha value is -1.39. The number of hydrogen-bond donors (Lipinski definition) is 0. The van der Waals surface area contributed by atoms with Gasteiger partial charge >= 0.3 is 0 Å². The zero-order chi connectivity index (χ0) is 17.9. The van der Waals surface area contributed by atoms with Gasteiger partial charge in [0, 0.05) is 6.92 Å². The molecule has 2 aromatic carbocycles. The molecule has 0 fully saturated rings. The van der Waals surface area contributed by atoms with Gasteiger partial charge in [0.25, 0.3) is 0 Å². The molecule has 2 nitrogen and oxygen atoms in total. The van der Waals surface area contributed by atoms with Gasteiger partial charge in [0.2, 0.25) is 0 Å². The van der Waals surface area contributed by atoms with Gasteiger partial charge in [-0.25, -0.2) is 4.99 Å². The average molecular weight is 373 g/mol. The maximum atomic E-state index is 5.70. The Morgan fingerprint density at radius 3 is 2.16 bits per heavy atom. The summed E-state index contributed by atoms with van der Waals surface area (Å²) in [6.45, 7) is 9.25. The molecule has 0 saturated heterocycles. The summed E-state index contributed by atoms with van der Waals surface area (Å²) in [7, 11) is 0.0304. The van der Waals surface area contributed by atoms with E-state index >= 15 is 0 Å². The van der Waals surface area contributed by atoms with Crippen molar-refractivity contribution in [1.29, 1.82) is 0 Å². The first-order valence-corrected chi connectivity index (χ1v) is 11.0. The summed E-state index contributed by atoms with van der Waals surface area (Å²) in [5.41, 5.74) is -0.164. The van der Waals surface area contributed by atoms with Crippen LogP contribution in [0.4, 0.5) is 0 Å². The van der Waals surface area contributed by atoms with E-state index in [0.29, 0.717) is 0 Å². The summed E-state index contributed by atoms with van der Waals surface area (Å²) < 4.78 is 5.70. The fraction of sp³-hybridized carbons (Fsp3) is 0.381. The lowest BCUT2D eigenvalue weighted by Gasteiger charge is -2.25. The third kappa shape index (κ3) is 4.42. The van der Waals surface area contributed by atoms with E-state index in [4.69, 9.17) is 9.73 Å². The third-order valence-corrected chi connectivity index (χ3v) is 8.10. The first-order valence-electron chi connectivity index (χ1n) is 8.76. The summed E-state index contributed by atoms with van der Waals surface area (Å²) in [6, 6.07) is 17.6. The van der Waals surface area contributed by atoms with Crippen LogP contribution in [0.3, 0.4) is 0 Å². The molecule has 2 aromatic rings. The molecule has 132 valence electrons. The molecule has 0 spiro atoms. The Morgan fingerprint density at radius 2 is 1.60 bits per heavy atom. The molecule has 1 aliphatic heterocycles. The molecule has 4 heteroatoms. The second-order valence-electron chi connectivity index (χ2n) is 6.82. The Morgan fingerprint density at radius 1 is 1.04 bits per heavy atom. The second kappa shape index (κ2) is 7.88. The monoisotopic (exact) mass is 372 g/mol. The third-order valence-electron chi connectivity index (χ3n) is 3.92. The number of nitrogens with zero attached hydrogens (tertiary/aromatic N) is 1. The quantitative estimate of drug-likeness (QED) is 0.375. The SMILES string of the molecule is CCCOC(C)=NC(C)(C)C[S+]1c2ccccc2Sc2ccccc21. The average Bonchev–Trinajstić information content (AvgIpc) is 2.59. The van der Waals surface area contributed by atoms with Crippen LogP contribution >= 0.6 is 11.8 Å². The predicted octanol–water partition coefficient (Wildman–Crippen LogP) is 5.81. The van der Waals surface area contributed by atoms with Crippen molar-refractivity contribution in [1.82, 2.24) is 0 Å². The molecule has 0 radical (unpaired) electrons. The van der Waals surface area contributed by atoms with Gasteiger partial charge in [-0.15, -0.1) is 0 Å². The molecule has 0 N–H and O–H groups in total. The molecule has 0 saturated carbocycles. The van der Waals surface area contributed by atoms with Crippen LogP contribution in [0.5, 0.6) is 0 Å². The number of rotatable bonds is 5. The van der Waals surface area contributed by atoms with Gasteiger partial charge in [0.15, 0.2) is 15.7 Å². The van der Waals surface area contributed by atoms with Crippen LogP contribution < -0.4 is 0 Å². The lowest BCUT2D eigenvalue weighted by Crippen LogP contribution is -2.31. The highest BCUT2D eigenvalue weighted by molar-refractivity contribution is 8.04. The van der Waals surface area contributed by atoms with E-state index in [9.17, 15) is 0 Å². The van der Waals surface area contributed by atoms with Gasteiger partial charge in [-0.3, -0.25) is 0 Å². The van der Waals surface area contributed by atoms with Crippen molar-refractivity contribution >= 4 is 28.6 Å². The highest BCUT2D eigenvalue weighted by Gasteiger charge is 2.40. The normalized spacial score (nSPS) is 14.8. The molecule has 0 aliphatic carbocycles. The molecule has 0 unspecified atom stereocenters. The van der Waals surface area contributed by atoms with Gasteiger partial charge < -0.3 is 4.74 Å². The maximum Gasteiger partial charge on any atom is 0.180 e. The Balaban J connectivity index is 1.91. The first kappa shape index (κ1) is 18.4. The highest BCUT2D eigenvalue weighted by atomic mass is 32.2. The van der Waals surface area contributed by atoms with Crippen LogP contribution in [-0.4, -0.2) is 23.8 Å². The van der Waals surface area contributed by atoms with Crippen molar-refractivity contribution in [3.05, 3.63) is 48.5 Å². The molecule has 1 aliphatic rings. The molecule has 0 atom stereocenters. The van der Waals surface area contributed by atoms with Crippen molar-refractivity contribution in [3.8, 4) is 0 Å². The zero-order valence-electron chi connectivity index (χ0n) is 15.4. The fourth-order valence-electron chi connectivity index (χ4n) is 2.96. The fourth-order valence-corrected chi connectivity index (χ4v) is 7.11. The van der Waals surface area contributed by atoms with E-state index in [1.54, 1.807) is 0 Å². The highest BCUT2D eigenvalue weighted by Crippen LogP contribution is 2.46. The van der Waals surface area contributed by atoms with E-state index in [1.807, 2.05) is 18.7 Å². The number of benzene rings is 2. The maximum absolute atomic E-state index is 5.70. The minimum atomic E-state index is -0.164. The van der Waals surface area contributed by atoms with E-state index < -0.39 is 0 Å². The van der Waals surface area contributed by atoms with Crippen LogP contribution in [-0.2, 0) is 15.6 Å². The van der Waals surface area contributed by atoms with E-state index in [0.717, 1.165) is 24.7 Å². The number of ether oxygens (including phenoxy) is 1. The minimum absolute atomic E-state index is 0.0304. The number of hydrogen-bond acceptors (Lipinski definition) is 3. The van der Waals surface area contributed by atoms with Crippen molar-refractivity contribution < 1.29 is 4.74 Å². The molecular weight excluding hydrogens is 346 g/mol.